The first-order chi connectivity index (χ1) is 11.1. The standard InChI is InChI=1S/C15H15Cl2FN2O4/c16-8-2-1-6(3-9(8)17)5-24-10-4-7-11(14(7,18)13(22)23)15(10,20)12(19)21/h1-3,7,10-11H,4-5,20H2,(H2,19,21)(H,22,23)/t7-,10-,11+,14-,15+/m1/s1. The van der Waals surface area contributed by atoms with Crippen LogP contribution in [0.5, 0.6) is 0 Å². The van der Waals surface area contributed by atoms with Crippen molar-refractivity contribution in [2.75, 3.05) is 0 Å². The molecule has 0 bridgehead atoms. The fraction of sp³-hybridized carbons (Fsp3) is 0.467. The number of ether oxygens (including phenoxy) is 1. The van der Waals surface area contributed by atoms with Crippen molar-refractivity contribution >= 4 is 35.1 Å². The number of primary amides is 1. The molecule has 6 nitrogen and oxygen atoms in total. The zero-order valence-corrected chi connectivity index (χ0v) is 13.9. The van der Waals surface area contributed by atoms with E-state index >= 15 is 0 Å². The number of fused-ring (bicyclic) bond motifs is 1. The molecule has 0 saturated heterocycles. The molecule has 2 fully saturated rings. The van der Waals surface area contributed by atoms with Gasteiger partial charge in [-0.2, -0.15) is 0 Å². The zero-order valence-electron chi connectivity index (χ0n) is 12.3. The van der Waals surface area contributed by atoms with Crippen LogP contribution in [0.3, 0.4) is 0 Å². The van der Waals surface area contributed by atoms with Gasteiger partial charge in [-0.1, -0.05) is 29.3 Å². The van der Waals surface area contributed by atoms with Crippen molar-refractivity contribution in [2.45, 2.75) is 30.3 Å². The fourth-order valence-corrected chi connectivity index (χ4v) is 4.00. The van der Waals surface area contributed by atoms with E-state index < -0.39 is 41.0 Å². The number of carbonyl (C=O) groups is 2. The molecule has 0 spiro atoms. The number of carboxylic acid groups (broad SMARTS) is 1. The van der Waals surface area contributed by atoms with E-state index in [0.29, 0.717) is 15.6 Å². The lowest BCUT2D eigenvalue weighted by molar-refractivity contribution is -0.149. The summed E-state index contributed by atoms with van der Waals surface area (Å²) < 4.78 is 20.1. The Balaban J connectivity index is 1.76. The van der Waals surface area contributed by atoms with Crippen molar-refractivity contribution in [3.05, 3.63) is 33.8 Å². The Hall–Kier alpha value is -1.41. The van der Waals surface area contributed by atoms with Crippen LogP contribution in [-0.4, -0.2) is 34.3 Å². The molecule has 1 aromatic rings. The van der Waals surface area contributed by atoms with E-state index in [4.69, 9.17) is 44.5 Å². The highest BCUT2D eigenvalue weighted by molar-refractivity contribution is 6.42. The van der Waals surface area contributed by atoms with Gasteiger partial charge in [-0.05, 0) is 24.1 Å². The molecule has 24 heavy (non-hydrogen) atoms. The molecular formula is C15H15Cl2FN2O4. The second kappa shape index (κ2) is 5.56. The lowest BCUT2D eigenvalue weighted by Crippen LogP contribution is -2.63. The van der Waals surface area contributed by atoms with Gasteiger partial charge >= 0.3 is 5.97 Å². The first-order valence-electron chi connectivity index (χ1n) is 7.20. The van der Waals surface area contributed by atoms with Gasteiger partial charge in [-0.25, -0.2) is 9.18 Å². The van der Waals surface area contributed by atoms with Crippen molar-refractivity contribution in [3.8, 4) is 0 Å². The molecule has 2 aliphatic rings. The van der Waals surface area contributed by atoms with E-state index in [2.05, 4.69) is 0 Å². The van der Waals surface area contributed by atoms with Crippen molar-refractivity contribution in [1.82, 2.24) is 0 Å². The average Bonchev–Trinajstić information content (AvgIpc) is 2.98. The average molecular weight is 377 g/mol. The highest BCUT2D eigenvalue weighted by Gasteiger charge is 2.84. The number of amides is 1. The Morgan fingerprint density at radius 2 is 2.04 bits per heavy atom. The molecule has 3 rings (SSSR count). The van der Waals surface area contributed by atoms with Crippen molar-refractivity contribution < 1.29 is 23.8 Å². The second-order valence-electron chi connectivity index (χ2n) is 6.24. The third kappa shape index (κ3) is 2.30. The lowest BCUT2D eigenvalue weighted by atomic mass is 9.87. The molecular weight excluding hydrogens is 362 g/mol. The Morgan fingerprint density at radius 1 is 1.38 bits per heavy atom. The van der Waals surface area contributed by atoms with Crippen LogP contribution in [-0.2, 0) is 20.9 Å². The third-order valence-corrected chi connectivity index (χ3v) is 5.73. The van der Waals surface area contributed by atoms with Crippen LogP contribution in [0.25, 0.3) is 0 Å². The van der Waals surface area contributed by atoms with Gasteiger partial charge in [0.25, 0.3) is 0 Å². The number of alkyl halides is 1. The van der Waals surface area contributed by atoms with Crippen LogP contribution in [0.15, 0.2) is 18.2 Å². The third-order valence-electron chi connectivity index (χ3n) is 4.99. The van der Waals surface area contributed by atoms with E-state index in [1.807, 2.05) is 0 Å². The number of carboxylic acids is 1. The Kier molecular flexibility index (Phi) is 4.03. The summed E-state index contributed by atoms with van der Waals surface area (Å²) in [6.45, 7) is 0.0551. The first-order valence-corrected chi connectivity index (χ1v) is 7.95. The minimum absolute atomic E-state index is 0.00816. The van der Waals surface area contributed by atoms with Gasteiger partial charge in [0.2, 0.25) is 11.6 Å². The molecule has 0 aliphatic heterocycles. The van der Waals surface area contributed by atoms with Crippen LogP contribution >= 0.6 is 23.2 Å². The maximum Gasteiger partial charge on any atom is 0.342 e. The maximum atomic E-state index is 14.4. The Morgan fingerprint density at radius 3 is 2.58 bits per heavy atom. The first kappa shape index (κ1) is 17.4. The summed E-state index contributed by atoms with van der Waals surface area (Å²) in [4.78, 5) is 22.9. The topological polar surface area (TPSA) is 116 Å². The second-order valence-corrected chi connectivity index (χ2v) is 7.05. The number of aliphatic carboxylic acids is 1. The molecule has 0 heterocycles. The van der Waals surface area contributed by atoms with Gasteiger partial charge in [0, 0.05) is 11.8 Å². The molecule has 5 N–H and O–H groups in total. The smallest absolute Gasteiger partial charge is 0.342 e. The van der Waals surface area contributed by atoms with Crippen molar-refractivity contribution in [2.24, 2.45) is 23.3 Å². The molecule has 0 aromatic heterocycles. The van der Waals surface area contributed by atoms with Crippen LogP contribution in [0.4, 0.5) is 4.39 Å². The van der Waals surface area contributed by atoms with Crippen LogP contribution < -0.4 is 11.5 Å². The van der Waals surface area contributed by atoms with E-state index in [1.165, 1.54) is 0 Å². The SMILES string of the molecule is NC(=O)[C@@]1(N)[C@H]2[C@@H](C[C@H]1OCc1ccc(Cl)c(Cl)c1)[C@]2(F)C(=O)O. The molecule has 1 aromatic carbocycles. The van der Waals surface area contributed by atoms with Crippen molar-refractivity contribution in [3.63, 3.8) is 0 Å². The number of benzene rings is 1. The van der Waals surface area contributed by atoms with Crippen LogP contribution in [0.1, 0.15) is 12.0 Å². The van der Waals surface area contributed by atoms with Crippen LogP contribution in [0, 0.1) is 11.8 Å². The highest BCUT2D eigenvalue weighted by Crippen LogP contribution is 2.67. The number of nitrogens with two attached hydrogens (primary N) is 2. The number of rotatable bonds is 5. The predicted octanol–water partition coefficient (Wildman–Crippen LogP) is 1.50. The van der Waals surface area contributed by atoms with Gasteiger partial charge in [0.15, 0.2) is 0 Å². The molecule has 9 heteroatoms. The van der Waals surface area contributed by atoms with E-state index in [1.54, 1.807) is 18.2 Å². The van der Waals surface area contributed by atoms with Crippen LogP contribution in [0.2, 0.25) is 10.0 Å². The van der Waals surface area contributed by atoms with Crippen molar-refractivity contribution in [1.29, 1.82) is 0 Å². The molecule has 130 valence electrons. The summed E-state index contributed by atoms with van der Waals surface area (Å²) >= 11 is 11.7. The molecule has 2 aliphatic carbocycles. The number of carbonyl (C=O) groups excluding carboxylic acids is 1. The van der Waals surface area contributed by atoms with E-state index in [-0.39, 0.29) is 13.0 Å². The summed E-state index contributed by atoms with van der Waals surface area (Å²) in [5.41, 5.74) is 7.64. The Bertz CT molecular complexity index is 733. The van der Waals surface area contributed by atoms with Gasteiger partial charge in [0.1, 0.15) is 5.54 Å². The lowest BCUT2D eigenvalue weighted by Gasteiger charge is -2.32. The van der Waals surface area contributed by atoms with Gasteiger partial charge in [-0.3, -0.25) is 4.79 Å². The molecule has 1 amide bonds. The molecule has 0 radical (unpaired) electrons. The summed E-state index contributed by atoms with van der Waals surface area (Å²) in [5.74, 6) is -4.67. The normalized spacial score (nSPS) is 37.1. The van der Waals surface area contributed by atoms with Gasteiger partial charge in [-0.15, -0.1) is 0 Å². The fourth-order valence-electron chi connectivity index (χ4n) is 3.67. The summed E-state index contributed by atoms with van der Waals surface area (Å²) in [5, 5.41) is 9.76. The maximum absolute atomic E-state index is 14.4. The largest absolute Gasteiger partial charge is 0.479 e. The Labute approximate surface area is 146 Å². The predicted molar refractivity (Wildman–Crippen MR) is 84.2 cm³/mol. The van der Waals surface area contributed by atoms with E-state index in [0.717, 1.165) is 0 Å². The molecule has 0 unspecified atom stereocenters. The number of hydrogen-bond acceptors (Lipinski definition) is 4. The highest BCUT2D eigenvalue weighted by atomic mass is 35.5. The zero-order chi connectivity index (χ0) is 17.9. The monoisotopic (exact) mass is 376 g/mol. The quantitative estimate of drug-likeness (QED) is 0.719. The summed E-state index contributed by atoms with van der Waals surface area (Å²) in [6, 6.07) is 4.87. The molecule has 5 atom stereocenters. The summed E-state index contributed by atoms with van der Waals surface area (Å²) in [7, 11) is 0. The van der Waals surface area contributed by atoms with E-state index in [9.17, 15) is 14.0 Å². The van der Waals surface area contributed by atoms with Gasteiger partial charge in [0.05, 0.1) is 22.8 Å². The minimum atomic E-state index is -2.52. The minimum Gasteiger partial charge on any atom is -0.479 e. The summed E-state index contributed by atoms with van der Waals surface area (Å²) in [6.07, 6.45) is -0.864. The number of halogens is 3. The number of hydrogen-bond donors (Lipinski definition) is 3. The van der Waals surface area contributed by atoms with Gasteiger partial charge < -0.3 is 21.3 Å². The molecule has 2 saturated carbocycles.